The molecule has 0 fully saturated rings. The first kappa shape index (κ1) is 25.2. The molecule has 11 heteroatoms. The van der Waals surface area contributed by atoms with E-state index in [1.807, 2.05) is 0 Å². The molecule has 0 aliphatic rings. The highest BCUT2D eigenvalue weighted by Crippen LogP contribution is 2.35. The second kappa shape index (κ2) is 10.1. The molecule has 0 aliphatic carbocycles. The summed E-state index contributed by atoms with van der Waals surface area (Å²) in [4.78, 5) is 21.3. The molecule has 5 rings (SSSR count). The van der Waals surface area contributed by atoms with Crippen molar-refractivity contribution in [3.8, 4) is 22.6 Å². The van der Waals surface area contributed by atoms with Crippen LogP contribution in [0.25, 0.3) is 27.7 Å². The van der Waals surface area contributed by atoms with E-state index in [0.29, 0.717) is 44.2 Å². The van der Waals surface area contributed by atoms with Gasteiger partial charge < -0.3 is 4.74 Å². The lowest BCUT2D eigenvalue weighted by atomic mass is 10.0. The maximum Gasteiger partial charge on any atom is 0.416 e. The average molecular weight is 537 g/mol. The molecule has 2 aromatic heterocycles. The number of anilines is 1. The normalized spacial score (nSPS) is 12.3. The van der Waals surface area contributed by atoms with E-state index in [-0.39, 0.29) is 5.56 Å². The van der Waals surface area contributed by atoms with Gasteiger partial charge in [0.2, 0.25) is 0 Å². The van der Waals surface area contributed by atoms with Crippen molar-refractivity contribution in [2.75, 3.05) is 11.8 Å². The van der Waals surface area contributed by atoms with Crippen LogP contribution in [0.1, 0.15) is 5.56 Å². The first-order chi connectivity index (χ1) is 18.2. The maximum absolute atomic E-state index is 13.2. The molecule has 3 aromatic carbocycles. The number of fused-ring (bicyclic) bond motifs is 1. The van der Waals surface area contributed by atoms with Crippen LogP contribution < -0.4 is 15.0 Å². The number of ether oxygens (including phenoxy) is 1. The fraction of sp³-hybridized carbons (Fsp3) is 0.0741. The zero-order valence-corrected chi connectivity index (χ0v) is 20.6. The molecule has 0 aliphatic heterocycles. The first-order valence-corrected chi connectivity index (χ1v) is 12.4. The van der Waals surface area contributed by atoms with E-state index in [1.165, 1.54) is 36.3 Å². The van der Waals surface area contributed by atoms with Gasteiger partial charge in [-0.2, -0.15) is 13.2 Å². The number of nitrogens with one attached hydrogen (secondary N) is 1. The second-order valence-corrected chi connectivity index (χ2v) is 9.37. The van der Waals surface area contributed by atoms with Crippen molar-refractivity contribution in [3.63, 3.8) is 0 Å². The maximum atomic E-state index is 13.2. The number of hydrogen-bond acceptors (Lipinski definition) is 5. The van der Waals surface area contributed by atoms with Gasteiger partial charge in [-0.15, -0.1) is 0 Å². The van der Waals surface area contributed by atoms with E-state index in [2.05, 4.69) is 14.7 Å². The summed E-state index contributed by atoms with van der Waals surface area (Å²) in [5.41, 5.74) is 0.704. The van der Waals surface area contributed by atoms with Crippen molar-refractivity contribution < 1.29 is 22.1 Å². The van der Waals surface area contributed by atoms with E-state index in [0.717, 1.165) is 12.1 Å². The Morgan fingerprint density at radius 1 is 0.947 bits per heavy atom. The molecule has 1 unspecified atom stereocenters. The fourth-order valence-electron chi connectivity index (χ4n) is 4.01. The summed E-state index contributed by atoms with van der Waals surface area (Å²) in [6.07, 6.45) is -1.61. The Labute approximate surface area is 217 Å². The minimum Gasteiger partial charge on any atom is -0.495 e. The van der Waals surface area contributed by atoms with Crippen LogP contribution in [-0.4, -0.2) is 25.9 Å². The van der Waals surface area contributed by atoms with Crippen LogP contribution in [0.5, 0.6) is 5.75 Å². The van der Waals surface area contributed by atoms with Crippen molar-refractivity contribution in [1.29, 1.82) is 0 Å². The molecule has 1 atom stereocenters. The molecule has 7 nitrogen and oxygen atoms in total. The fourth-order valence-corrected chi connectivity index (χ4v) is 4.86. The van der Waals surface area contributed by atoms with Crippen LogP contribution in [0.15, 0.2) is 101 Å². The van der Waals surface area contributed by atoms with E-state index < -0.39 is 22.7 Å². The predicted molar refractivity (Wildman–Crippen MR) is 139 cm³/mol. The molecule has 0 spiro atoms. The standard InChI is InChI=1S/C27H19F3N4O3S/c1-37-24-15-18(17-3-2-4-20(13-17)27(28,29)30)5-8-23(24)34-22-9-7-21(14-19(22)6-10-26(34)35)38(36)33-25-11-12-31-16-32-25/h2-16H,1H3,(H,31,32,33). The molecule has 0 saturated heterocycles. The smallest absolute Gasteiger partial charge is 0.416 e. The van der Waals surface area contributed by atoms with Gasteiger partial charge in [-0.3, -0.25) is 14.1 Å². The monoisotopic (exact) mass is 536 g/mol. The molecular weight excluding hydrogens is 517 g/mol. The van der Waals surface area contributed by atoms with E-state index in [4.69, 9.17) is 4.74 Å². The summed E-state index contributed by atoms with van der Waals surface area (Å²) < 4.78 is 62.2. The number of hydrogen-bond donors (Lipinski definition) is 1. The number of pyridine rings is 1. The molecule has 0 radical (unpaired) electrons. The highest BCUT2D eigenvalue weighted by molar-refractivity contribution is 7.86. The summed E-state index contributed by atoms with van der Waals surface area (Å²) in [5.74, 6) is 0.696. The molecule has 2 heterocycles. The Bertz CT molecular complexity index is 1720. The quantitative estimate of drug-likeness (QED) is 0.305. The van der Waals surface area contributed by atoms with Gasteiger partial charge in [0.1, 0.15) is 17.9 Å². The number of alkyl halides is 3. The third-order valence-corrected chi connectivity index (χ3v) is 6.88. The Balaban J connectivity index is 1.55. The Hall–Kier alpha value is -4.51. The third-order valence-electron chi connectivity index (χ3n) is 5.80. The molecule has 5 aromatic rings. The lowest BCUT2D eigenvalue weighted by Crippen LogP contribution is -2.18. The zero-order chi connectivity index (χ0) is 26.9. The van der Waals surface area contributed by atoms with Crippen LogP contribution in [0, 0.1) is 0 Å². The van der Waals surface area contributed by atoms with Gasteiger partial charge in [-0.1, -0.05) is 18.2 Å². The predicted octanol–water partition coefficient (Wildman–Crippen LogP) is 5.61. The van der Waals surface area contributed by atoms with Crippen LogP contribution in [0.3, 0.4) is 0 Å². The van der Waals surface area contributed by atoms with Crippen molar-refractivity contribution in [3.05, 3.63) is 107 Å². The summed E-state index contributed by atoms with van der Waals surface area (Å²) in [7, 11) is -0.196. The molecule has 0 amide bonds. The highest BCUT2D eigenvalue weighted by Gasteiger charge is 2.30. The largest absolute Gasteiger partial charge is 0.495 e. The van der Waals surface area contributed by atoms with Crippen LogP contribution in [0.4, 0.5) is 19.0 Å². The minimum absolute atomic E-state index is 0.299. The number of methoxy groups -OCH3 is 1. The topological polar surface area (TPSA) is 86.1 Å². The second-order valence-electron chi connectivity index (χ2n) is 8.16. The third kappa shape index (κ3) is 5.00. The summed E-state index contributed by atoms with van der Waals surface area (Å²) in [6, 6.07) is 19.4. The molecular formula is C27H19F3N4O3S. The zero-order valence-electron chi connectivity index (χ0n) is 19.8. The van der Waals surface area contributed by atoms with Gasteiger partial charge in [-0.05, 0) is 65.7 Å². The Morgan fingerprint density at radius 2 is 1.76 bits per heavy atom. The van der Waals surface area contributed by atoms with Gasteiger partial charge in [0.25, 0.3) is 5.56 Å². The Morgan fingerprint density at radius 3 is 2.50 bits per heavy atom. The van der Waals surface area contributed by atoms with Crippen molar-refractivity contribution in [2.45, 2.75) is 11.1 Å². The molecule has 0 bridgehead atoms. The van der Waals surface area contributed by atoms with Gasteiger partial charge >= 0.3 is 6.18 Å². The van der Waals surface area contributed by atoms with E-state index >= 15 is 0 Å². The minimum atomic E-state index is -4.47. The van der Waals surface area contributed by atoms with Crippen molar-refractivity contribution >= 4 is 27.7 Å². The van der Waals surface area contributed by atoms with Crippen LogP contribution >= 0.6 is 0 Å². The summed E-state index contributed by atoms with van der Waals surface area (Å²) in [6.45, 7) is 0. The van der Waals surface area contributed by atoms with Crippen LogP contribution in [0.2, 0.25) is 0 Å². The van der Waals surface area contributed by atoms with Crippen molar-refractivity contribution in [1.82, 2.24) is 14.5 Å². The van der Waals surface area contributed by atoms with Gasteiger partial charge in [-0.25, -0.2) is 14.2 Å². The Kier molecular flexibility index (Phi) is 6.68. The van der Waals surface area contributed by atoms with E-state index in [9.17, 15) is 22.2 Å². The lowest BCUT2D eigenvalue weighted by Gasteiger charge is -2.16. The van der Waals surface area contributed by atoms with Crippen LogP contribution in [-0.2, 0) is 17.2 Å². The average Bonchev–Trinajstić information content (AvgIpc) is 2.92. The van der Waals surface area contributed by atoms with E-state index in [1.54, 1.807) is 54.6 Å². The van der Waals surface area contributed by atoms with Gasteiger partial charge in [0.15, 0.2) is 11.0 Å². The number of nitrogens with zero attached hydrogens (tertiary/aromatic N) is 3. The lowest BCUT2D eigenvalue weighted by molar-refractivity contribution is -0.137. The number of aromatic nitrogens is 3. The van der Waals surface area contributed by atoms with Crippen molar-refractivity contribution in [2.24, 2.45) is 0 Å². The highest BCUT2D eigenvalue weighted by atomic mass is 32.2. The number of halogens is 3. The number of benzene rings is 3. The molecule has 1 N–H and O–H groups in total. The summed E-state index contributed by atoms with van der Waals surface area (Å²) in [5, 5.41) is 0.643. The van der Waals surface area contributed by atoms with Gasteiger partial charge in [0, 0.05) is 17.6 Å². The van der Waals surface area contributed by atoms with Gasteiger partial charge in [0.05, 0.1) is 28.8 Å². The summed E-state index contributed by atoms with van der Waals surface area (Å²) >= 11 is 0. The SMILES string of the molecule is COc1cc(-c2cccc(C(F)(F)F)c2)ccc1-n1c(=O)ccc2cc(S(=O)Nc3ccncn3)ccc21. The first-order valence-electron chi connectivity index (χ1n) is 11.2. The number of rotatable bonds is 6. The molecule has 38 heavy (non-hydrogen) atoms. The molecule has 192 valence electrons. The molecule has 0 saturated carbocycles.